The van der Waals surface area contributed by atoms with Crippen LogP contribution in [0.1, 0.15) is 61.4 Å². The lowest BCUT2D eigenvalue weighted by atomic mass is 9.97. The van der Waals surface area contributed by atoms with Gasteiger partial charge in [-0.15, -0.1) is 11.3 Å². The Morgan fingerprint density at radius 2 is 1.97 bits per heavy atom. The molecule has 0 radical (unpaired) electrons. The van der Waals surface area contributed by atoms with Crippen LogP contribution in [0.5, 0.6) is 5.75 Å². The second kappa shape index (κ2) is 10.2. The number of hydrogen-bond acceptors (Lipinski definition) is 6. The number of thiazole rings is 1. The third-order valence-electron chi connectivity index (χ3n) is 5.93. The van der Waals surface area contributed by atoms with Crippen LogP contribution >= 0.6 is 11.3 Å². The number of piperidine rings is 1. The lowest BCUT2D eigenvalue weighted by molar-refractivity contribution is 0.255. The number of benzene rings is 1. The van der Waals surface area contributed by atoms with Crippen molar-refractivity contribution in [2.75, 3.05) is 25.9 Å². The average molecular weight is 475 g/mol. The number of aromatic nitrogens is 2. The number of pyridine rings is 1. The van der Waals surface area contributed by atoms with Crippen molar-refractivity contribution >= 4 is 17.2 Å². The largest absolute Gasteiger partial charge is 0.485 e. The van der Waals surface area contributed by atoms with Gasteiger partial charge < -0.3 is 15.4 Å². The molecule has 2 aromatic heterocycles. The van der Waals surface area contributed by atoms with Gasteiger partial charge in [-0.3, -0.25) is 0 Å². The minimum Gasteiger partial charge on any atom is -0.485 e. The SMILES string of the molecule is Cc1nc(C2CCN(C)CC2)sc1-c1cnc(N)c(OCc2cccc(C#CC(C)(C)C)c2)c1. The van der Waals surface area contributed by atoms with Gasteiger partial charge in [0.15, 0.2) is 11.6 Å². The Hall–Kier alpha value is -2.88. The number of rotatable bonds is 5. The van der Waals surface area contributed by atoms with E-state index < -0.39 is 0 Å². The fraction of sp³-hybridized carbons (Fsp3) is 0.429. The van der Waals surface area contributed by atoms with Crippen molar-refractivity contribution in [1.82, 2.24) is 14.9 Å². The summed E-state index contributed by atoms with van der Waals surface area (Å²) in [5, 5.41) is 1.23. The van der Waals surface area contributed by atoms with Crippen molar-refractivity contribution < 1.29 is 4.74 Å². The van der Waals surface area contributed by atoms with Gasteiger partial charge >= 0.3 is 0 Å². The van der Waals surface area contributed by atoms with Crippen molar-refractivity contribution in [3.63, 3.8) is 0 Å². The van der Waals surface area contributed by atoms with E-state index in [1.54, 1.807) is 11.3 Å². The molecule has 0 spiro atoms. The van der Waals surface area contributed by atoms with Crippen LogP contribution in [0.2, 0.25) is 0 Å². The van der Waals surface area contributed by atoms with Gasteiger partial charge in [0.1, 0.15) is 6.61 Å². The van der Waals surface area contributed by atoms with Crippen LogP contribution in [0.4, 0.5) is 5.82 Å². The molecule has 0 unspecified atom stereocenters. The molecule has 0 bridgehead atoms. The number of aryl methyl sites for hydroxylation is 1. The highest BCUT2D eigenvalue weighted by Gasteiger charge is 2.23. The molecule has 1 aromatic carbocycles. The zero-order valence-corrected chi connectivity index (χ0v) is 21.6. The second-order valence-electron chi connectivity index (χ2n) is 10.1. The number of likely N-dealkylation sites (tertiary alicyclic amines) is 1. The monoisotopic (exact) mass is 474 g/mol. The molecule has 34 heavy (non-hydrogen) atoms. The topological polar surface area (TPSA) is 64.3 Å². The molecule has 5 nitrogen and oxygen atoms in total. The second-order valence-corrected chi connectivity index (χ2v) is 11.2. The minimum atomic E-state index is -0.0327. The molecule has 0 atom stereocenters. The van der Waals surface area contributed by atoms with E-state index in [9.17, 15) is 0 Å². The molecule has 4 rings (SSSR count). The molecule has 1 aliphatic heterocycles. The molecular weight excluding hydrogens is 440 g/mol. The molecule has 0 saturated carbocycles. The molecule has 1 saturated heterocycles. The predicted octanol–water partition coefficient (Wildman–Crippen LogP) is 5.88. The van der Waals surface area contributed by atoms with Crippen LogP contribution < -0.4 is 10.5 Å². The number of hydrogen-bond donors (Lipinski definition) is 1. The summed E-state index contributed by atoms with van der Waals surface area (Å²) >= 11 is 1.78. The van der Waals surface area contributed by atoms with Gasteiger partial charge in [-0.25, -0.2) is 9.97 Å². The Morgan fingerprint density at radius 3 is 2.71 bits per heavy atom. The van der Waals surface area contributed by atoms with E-state index in [1.165, 1.54) is 5.01 Å². The maximum Gasteiger partial charge on any atom is 0.166 e. The zero-order valence-electron chi connectivity index (χ0n) is 20.8. The summed E-state index contributed by atoms with van der Waals surface area (Å²) in [6, 6.07) is 10.1. The fourth-order valence-corrected chi connectivity index (χ4v) is 5.19. The van der Waals surface area contributed by atoms with E-state index in [4.69, 9.17) is 15.5 Å². The van der Waals surface area contributed by atoms with Crippen molar-refractivity contribution in [3.8, 4) is 28.0 Å². The van der Waals surface area contributed by atoms with Crippen molar-refractivity contribution in [2.24, 2.45) is 5.41 Å². The van der Waals surface area contributed by atoms with E-state index in [-0.39, 0.29) is 5.41 Å². The van der Waals surface area contributed by atoms with Crippen LogP contribution in [0.25, 0.3) is 10.4 Å². The lowest BCUT2D eigenvalue weighted by Gasteiger charge is -2.27. The Labute approximate surface area is 207 Å². The Bertz CT molecular complexity index is 1210. The van der Waals surface area contributed by atoms with Gasteiger partial charge in [0.25, 0.3) is 0 Å². The van der Waals surface area contributed by atoms with E-state index in [1.807, 2.05) is 30.5 Å². The van der Waals surface area contributed by atoms with Crippen molar-refractivity contribution in [3.05, 3.63) is 58.4 Å². The van der Waals surface area contributed by atoms with Crippen LogP contribution in [0.15, 0.2) is 36.5 Å². The molecule has 2 N–H and O–H groups in total. The van der Waals surface area contributed by atoms with Gasteiger partial charge in [-0.05, 0) is 84.4 Å². The number of anilines is 1. The molecule has 1 aliphatic rings. The first-order valence-electron chi connectivity index (χ1n) is 11.8. The fourth-order valence-electron chi connectivity index (χ4n) is 3.97. The highest BCUT2D eigenvalue weighted by Crippen LogP contribution is 2.38. The lowest BCUT2D eigenvalue weighted by Crippen LogP contribution is -2.29. The third kappa shape index (κ3) is 6.16. The molecule has 1 fully saturated rings. The molecular formula is C28H34N4OS. The molecule has 0 amide bonds. The van der Waals surface area contributed by atoms with Gasteiger partial charge in [0.2, 0.25) is 0 Å². The first-order chi connectivity index (χ1) is 16.2. The summed E-state index contributed by atoms with van der Waals surface area (Å²) in [5.74, 6) is 8.06. The predicted molar refractivity (Wildman–Crippen MR) is 141 cm³/mol. The first kappa shape index (κ1) is 24.3. The smallest absolute Gasteiger partial charge is 0.166 e. The highest BCUT2D eigenvalue weighted by atomic mass is 32.1. The number of nitrogen functional groups attached to an aromatic ring is 1. The summed E-state index contributed by atoms with van der Waals surface area (Å²) < 4.78 is 6.10. The van der Waals surface area contributed by atoms with Gasteiger partial charge in [0, 0.05) is 28.7 Å². The summed E-state index contributed by atoms with van der Waals surface area (Å²) in [6.45, 7) is 11.1. The third-order valence-corrected chi connectivity index (χ3v) is 7.30. The van der Waals surface area contributed by atoms with Crippen molar-refractivity contribution in [2.45, 2.75) is 53.1 Å². The summed E-state index contributed by atoms with van der Waals surface area (Å²) in [7, 11) is 2.19. The summed E-state index contributed by atoms with van der Waals surface area (Å²) in [6.07, 6.45) is 4.15. The summed E-state index contributed by atoms with van der Waals surface area (Å²) in [5.41, 5.74) is 10.2. The molecule has 0 aliphatic carbocycles. The zero-order chi connectivity index (χ0) is 24.3. The number of ether oxygens (including phenoxy) is 1. The van der Waals surface area contributed by atoms with Crippen LogP contribution in [-0.4, -0.2) is 35.0 Å². The first-order valence-corrected chi connectivity index (χ1v) is 12.7. The van der Waals surface area contributed by atoms with Gasteiger partial charge in [-0.2, -0.15) is 0 Å². The molecule has 3 aromatic rings. The molecule has 3 heterocycles. The highest BCUT2D eigenvalue weighted by molar-refractivity contribution is 7.15. The standard InChI is InChI=1S/C28H34N4OS/c1-19-25(34-27(31-19)22-10-13-32(5)14-11-22)23-16-24(26(29)30-17-23)33-18-21-8-6-7-20(15-21)9-12-28(2,3)4/h6-8,15-17,22H,10-11,13-14,18H2,1-5H3,(H2,29,30). The van der Waals surface area contributed by atoms with Crippen LogP contribution in [0.3, 0.4) is 0 Å². The Balaban J connectivity index is 1.50. The maximum atomic E-state index is 6.15. The number of nitrogens with zero attached hydrogens (tertiary/aromatic N) is 3. The average Bonchev–Trinajstić information content (AvgIpc) is 3.19. The van der Waals surface area contributed by atoms with E-state index in [2.05, 4.69) is 62.5 Å². The van der Waals surface area contributed by atoms with Gasteiger partial charge in [-0.1, -0.05) is 24.0 Å². The summed E-state index contributed by atoms with van der Waals surface area (Å²) in [4.78, 5) is 12.9. The van der Waals surface area contributed by atoms with E-state index in [0.717, 1.165) is 53.2 Å². The number of nitrogens with two attached hydrogens (primary N) is 1. The van der Waals surface area contributed by atoms with Crippen molar-refractivity contribution in [1.29, 1.82) is 0 Å². The van der Waals surface area contributed by atoms with Crippen LogP contribution in [-0.2, 0) is 6.61 Å². The quantitative estimate of drug-likeness (QED) is 0.468. The van der Waals surface area contributed by atoms with E-state index >= 15 is 0 Å². The normalized spacial score (nSPS) is 15.1. The molecule has 178 valence electrons. The van der Waals surface area contributed by atoms with Gasteiger partial charge in [0.05, 0.1) is 15.6 Å². The Morgan fingerprint density at radius 1 is 1.21 bits per heavy atom. The maximum absolute atomic E-state index is 6.15. The Kier molecular flexibility index (Phi) is 7.25. The molecule has 6 heteroatoms. The van der Waals surface area contributed by atoms with Crippen LogP contribution in [0, 0.1) is 24.2 Å². The minimum absolute atomic E-state index is 0.0327. The van der Waals surface area contributed by atoms with E-state index in [0.29, 0.717) is 24.1 Å².